The number of rotatable bonds is 6. The minimum Gasteiger partial charge on any atom is -0.468 e. The third-order valence-electron chi connectivity index (χ3n) is 3.66. The van der Waals surface area contributed by atoms with Crippen LogP contribution in [0.5, 0.6) is 0 Å². The Morgan fingerprint density at radius 3 is 2.57 bits per heavy atom. The van der Waals surface area contributed by atoms with Gasteiger partial charge >= 0.3 is 0 Å². The Hall–Kier alpha value is -2.07. The lowest BCUT2D eigenvalue weighted by molar-refractivity contribution is -0.120. The van der Waals surface area contributed by atoms with Crippen LogP contribution in [0.25, 0.3) is 0 Å². The molecule has 0 aliphatic rings. The van der Waals surface area contributed by atoms with Gasteiger partial charge in [-0.25, -0.2) is 0 Å². The van der Waals surface area contributed by atoms with Gasteiger partial charge in [-0.15, -0.1) is 0 Å². The molecule has 1 N–H and O–H groups in total. The maximum atomic E-state index is 12.3. The SMILES string of the molecule is CCc1ccc(NC(=O)[C@@H](C)N(C)Cc2ccco2)cc1. The van der Waals surface area contributed by atoms with Gasteiger partial charge in [0.2, 0.25) is 5.91 Å². The van der Waals surface area contributed by atoms with Gasteiger partial charge in [-0.2, -0.15) is 0 Å². The molecule has 0 saturated heterocycles. The van der Waals surface area contributed by atoms with Crippen molar-refractivity contribution in [1.29, 1.82) is 0 Å². The molecule has 1 amide bonds. The number of carbonyl (C=O) groups excluding carboxylic acids is 1. The van der Waals surface area contributed by atoms with Gasteiger partial charge in [0.15, 0.2) is 0 Å². The third-order valence-corrected chi connectivity index (χ3v) is 3.66. The van der Waals surface area contributed by atoms with Crippen molar-refractivity contribution < 1.29 is 9.21 Å². The van der Waals surface area contributed by atoms with Crippen LogP contribution in [0.15, 0.2) is 47.1 Å². The number of aryl methyl sites for hydroxylation is 1. The first-order valence-electron chi connectivity index (χ1n) is 7.22. The van der Waals surface area contributed by atoms with Crippen LogP contribution in [0.1, 0.15) is 25.2 Å². The van der Waals surface area contributed by atoms with Crippen LogP contribution in [-0.4, -0.2) is 23.9 Å². The van der Waals surface area contributed by atoms with Crippen LogP contribution >= 0.6 is 0 Å². The van der Waals surface area contributed by atoms with Crippen LogP contribution in [0.2, 0.25) is 0 Å². The molecule has 1 heterocycles. The summed E-state index contributed by atoms with van der Waals surface area (Å²) in [5, 5.41) is 2.94. The predicted molar refractivity (Wildman–Crippen MR) is 84.1 cm³/mol. The molecular formula is C17H22N2O2. The van der Waals surface area contributed by atoms with Crippen molar-refractivity contribution in [2.24, 2.45) is 0 Å². The van der Waals surface area contributed by atoms with Crippen LogP contribution in [0.3, 0.4) is 0 Å². The summed E-state index contributed by atoms with van der Waals surface area (Å²) in [5.74, 6) is 0.831. The molecule has 112 valence electrons. The number of hydrogen-bond acceptors (Lipinski definition) is 3. The van der Waals surface area contributed by atoms with Crippen molar-refractivity contribution in [3.8, 4) is 0 Å². The number of nitrogens with one attached hydrogen (secondary N) is 1. The largest absolute Gasteiger partial charge is 0.468 e. The number of nitrogens with zero attached hydrogens (tertiary/aromatic N) is 1. The van der Waals surface area contributed by atoms with Gasteiger partial charge in [0.05, 0.1) is 18.8 Å². The number of amides is 1. The van der Waals surface area contributed by atoms with E-state index in [0.29, 0.717) is 6.54 Å². The monoisotopic (exact) mass is 286 g/mol. The molecule has 0 spiro atoms. The first kappa shape index (κ1) is 15.3. The molecule has 1 atom stereocenters. The number of likely N-dealkylation sites (N-methyl/N-ethyl adjacent to an activating group) is 1. The van der Waals surface area contributed by atoms with Crippen molar-refractivity contribution in [2.45, 2.75) is 32.9 Å². The molecule has 0 unspecified atom stereocenters. The standard InChI is InChI=1S/C17H22N2O2/c1-4-14-7-9-15(10-8-14)18-17(20)13(2)19(3)12-16-6-5-11-21-16/h5-11,13H,4,12H2,1-3H3,(H,18,20)/t13-/m1/s1. The van der Waals surface area contributed by atoms with E-state index in [4.69, 9.17) is 4.42 Å². The molecule has 1 aromatic heterocycles. The molecule has 2 rings (SSSR count). The highest BCUT2D eigenvalue weighted by Crippen LogP contribution is 2.12. The summed E-state index contributed by atoms with van der Waals surface area (Å²) >= 11 is 0. The Morgan fingerprint density at radius 2 is 2.00 bits per heavy atom. The van der Waals surface area contributed by atoms with E-state index in [1.54, 1.807) is 6.26 Å². The molecule has 0 fully saturated rings. The number of carbonyl (C=O) groups is 1. The van der Waals surface area contributed by atoms with Gasteiger partial charge in [-0.1, -0.05) is 19.1 Å². The summed E-state index contributed by atoms with van der Waals surface area (Å²) in [6.45, 7) is 4.61. The highest BCUT2D eigenvalue weighted by molar-refractivity contribution is 5.94. The van der Waals surface area contributed by atoms with E-state index in [9.17, 15) is 4.79 Å². The number of hydrogen-bond donors (Lipinski definition) is 1. The van der Waals surface area contributed by atoms with Crippen LogP contribution in [-0.2, 0) is 17.8 Å². The minimum atomic E-state index is -0.235. The average Bonchev–Trinajstić information content (AvgIpc) is 3.00. The van der Waals surface area contributed by atoms with Crippen molar-refractivity contribution in [2.75, 3.05) is 12.4 Å². The Balaban J connectivity index is 1.91. The minimum absolute atomic E-state index is 0.0201. The summed E-state index contributed by atoms with van der Waals surface area (Å²) < 4.78 is 5.30. The average molecular weight is 286 g/mol. The number of furan rings is 1. The maximum Gasteiger partial charge on any atom is 0.241 e. The van der Waals surface area contributed by atoms with Crippen molar-refractivity contribution >= 4 is 11.6 Å². The van der Waals surface area contributed by atoms with Crippen LogP contribution in [0, 0.1) is 0 Å². The molecule has 0 aliphatic carbocycles. The molecule has 0 bridgehead atoms. The van der Waals surface area contributed by atoms with E-state index >= 15 is 0 Å². The van der Waals surface area contributed by atoms with Gasteiger partial charge < -0.3 is 9.73 Å². The van der Waals surface area contributed by atoms with Crippen molar-refractivity contribution in [3.63, 3.8) is 0 Å². The fourth-order valence-corrected chi connectivity index (χ4v) is 2.06. The van der Waals surface area contributed by atoms with E-state index in [0.717, 1.165) is 17.9 Å². The zero-order valence-electron chi connectivity index (χ0n) is 12.8. The Bertz CT molecular complexity index is 561. The van der Waals surface area contributed by atoms with Crippen LogP contribution in [0.4, 0.5) is 5.69 Å². The van der Waals surface area contributed by atoms with E-state index in [1.807, 2.05) is 55.3 Å². The molecular weight excluding hydrogens is 264 g/mol. The van der Waals surface area contributed by atoms with E-state index in [-0.39, 0.29) is 11.9 Å². The molecule has 2 aromatic rings. The zero-order valence-corrected chi connectivity index (χ0v) is 12.8. The second kappa shape index (κ2) is 7.09. The first-order chi connectivity index (χ1) is 10.1. The lowest BCUT2D eigenvalue weighted by Gasteiger charge is -2.22. The second-order valence-electron chi connectivity index (χ2n) is 5.21. The maximum absolute atomic E-state index is 12.3. The first-order valence-corrected chi connectivity index (χ1v) is 7.22. The molecule has 0 saturated carbocycles. The summed E-state index contributed by atoms with van der Waals surface area (Å²) in [6, 6.07) is 11.5. The summed E-state index contributed by atoms with van der Waals surface area (Å²) in [5.41, 5.74) is 2.09. The Labute approximate surface area is 125 Å². The Kier molecular flexibility index (Phi) is 5.17. The predicted octanol–water partition coefficient (Wildman–Crippen LogP) is 3.30. The fraction of sp³-hybridized carbons (Fsp3) is 0.353. The highest BCUT2D eigenvalue weighted by Gasteiger charge is 2.18. The Morgan fingerprint density at radius 1 is 1.29 bits per heavy atom. The van der Waals surface area contributed by atoms with Gasteiger partial charge in [0.25, 0.3) is 0 Å². The lowest BCUT2D eigenvalue weighted by Crippen LogP contribution is -2.39. The van der Waals surface area contributed by atoms with Gasteiger partial charge in [0.1, 0.15) is 5.76 Å². The smallest absolute Gasteiger partial charge is 0.241 e. The van der Waals surface area contributed by atoms with Gasteiger partial charge in [0, 0.05) is 5.69 Å². The lowest BCUT2D eigenvalue weighted by atomic mass is 10.1. The van der Waals surface area contributed by atoms with Crippen molar-refractivity contribution in [3.05, 3.63) is 54.0 Å². The zero-order chi connectivity index (χ0) is 15.2. The summed E-state index contributed by atoms with van der Waals surface area (Å²) in [6.07, 6.45) is 2.64. The van der Waals surface area contributed by atoms with E-state index in [1.165, 1.54) is 5.56 Å². The normalized spacial score (nSPS) is 12.4. The quantitative estimate of drug-likeness (QED) is 0.886. The summed E-state index contributed by atoms with van der Waals surface area (Å²) in [7, 11) is 1.91. The van der Waals surface area contributed by atoms with Crippen LogP contribution < -0.4 is 5.32 Å². The van der Waals surface area contributed by atoms with Gasteiger partial charge in [-0.3, -0.25) is 9.69 Å². The van der Waals surface area contributed by atoms with Gasteiger partial charge in [-0.05, 0) is 50.2 Å². The highest BCUT2D eigenvalue weighted by atomic mass is 16.3. The second-order valence-corrected chi connectivity index (χ2v) is 5.21. The van der Waals surface area contributed by atoms with E-state index in [2.05, 4.69) is 12.2 Å². The van der Waals surface area contributed by atoms with Crippen molar-refractivity contribution in [1.82, 2.24) is 4.90 Å². The fourth-order valence-electron chi connectivity index (χ4n) is 2.06. The third kappa shape index (κ3) is 4.20. The molecule has 4 heteroatoms. The molecule has 0 radical (unpaired) electrons. The molecule has 0 aliphatic heterocycles. The molecule has 1 aromatic carbocycles. The summed E-state index contributed by atoms with van der Waals surface area (Å²) in [4.78, 5) is 14.2. The molecule has 21 heavy (non-hydrogen) atoms. The topological polar surface area (TPSA) is 45.5 Å². The number of benzene rings is 1. The number of anilines is 1. The van der Waals surface area contributed by atoms with E-state index < -0.39 is 0 Å². The molecule has 4 nitrogen and oxygen atoms in total.